The lowest BCUT2D eigenvalue weighted by Gasteiger charge is -2.18. The molecule has 0 radical (unpaired) electrons. The van der Waals surface area contributed by atoms with Gasteiger partial charge in [-0.25, -0.2) is 9.97 Å². The zero-order valence-corrected chi connectivity index (χ0v) is 22.9. The average Bonchev–Trinajstić information content (AvgIpc) is 2.92. The summed E-state index contributed by atoms with van der Waals surface area (Å²) in [6, 6.07) is 13.2. The van der Waals surface area contributed by atoms with Crippen LogP contribution in [0.2, 0.25) is 5.02 Å². The second-order valence-electron chi connectivity index (χ2n) is 8.50. The molecule has 1 aromatic heterocycles. The summed E-state index contributed by atoms with van der Waals surface area (Å²) in [5.41, 5.74) is 2.51. The van der Waals surface area contributed by atoms with Gasteiger partial charge in [0.1, 0.15) is 36.0 Å². The summed E-state index contributed by atoms with van der Waals surface area (Å²) in [6.07, 6.45) is 2.15. The monoisotopic (exact) mass is 526 g/mol. The van der Waals surface area contributed by atoms with Gasteiger partial charge < -0.3 is 19.1 Å². The van der Waals surface area contributed by atoms with Crippen LogP contribution in [0.25, 0.3) is 0 Å². The second-order valence-corrected chi connectivity index (χ2v) is 8.87. The Kier molecular flexibility index (Phi) is 10.5. The van der Waals surface area contributed by atoms with Gasteiger partial charge in [0.05, 0.1) is 31.4 Å². The summed E-state index contributed by atoms with van der Waals surface area (Å²) < 4.78 is 16.5. The Hall–Kier alpha value is -3.36. The fraction of sp³-hybridized carbons (Fsp3) is 0.393. The van der Waals surface area contributed by atoms with E-state index >= 15 is 0 Å². The first kappa shape index (κ1) is 28.2. The Morgan fingerprint density at radius 3 is 2.35 bits per heavy atom. The molecule has 0 saturated heterocycles. The Labute approximate surface area is 224 Å². The molecule has 0 atom stereocenters. The van der Waals surface area contributed by atoms with Crippen molar-refractivity contribution < 1.29 is 19.0 Å². The number of amides is 1. The summed E-state index contributed by atoms with van der Waals surface area (Å²) in [5.74, 6) is 2.20. The normalized spacial score (nSPS) is 10.9. The topological polar surface area (TPSA) is 77.0 Å². The molecule has 0 spiro atoms. The van der Waals surface area contributed by atoms with Crippen LogP contribution in [0.4, 0.5) is 5.82 Å². The lowest BCUT2D eigenvalue weighted by atomic mass is 10.1. The van der Waals surface area contributed by atoms with E-state index in [1.807, 2.05) is 30.3 Å². The van der Waals surface area contributed by atoms with E-state index in [0.29, 0.717) is 40.9 Å². The molecule has 198 valence electrons. The highest BCUT2D eigenvalue weighted by atomic mass is 35.5. The smallest absolute Gasteiger partial charge is 0.232 e. The van der Waals surface area contributed by atoms with Crippen LogP contribution in [-0.2, 0) is 17.6 Å². The van der Waals surface area contributed by atoms with Crippen molar-refractivity contribution in [3.8, 4) is 17.2 Å². The molecule has 0 aliphatic heterocycles. The van der Waals surface area contributed by atoms with Crippen LogP contribution in [0.5, 0.6) is 17.2 Å². The number of likely N-dealkylation sites (N-methyl/N-ethyl adjacent to an activating group) is 2. The molecule has 0 unspecified atom stereocenters. The molecule has 0 aliphatic rings. The van der Waals surface area contributed by atoms with Crippen LogP contribution in [0.1, 0.15) is 30.7 Å². The summed E-state index contributed by atoms with van der Waals surface area (Å²) in [6.45, 7) is 7.90. The summed E-state index contributed by atoms with van der Waals surface area (Å²) in [4.78, 5) is 25.6. The van der Waals surface area contributed by atoms with Crippen molar-refractivity contribution in [1.29, 1.82) is 0 Å². The minimum Gasteiger partial charge on any atom is -0.497 e. The summed E-state index contributed by atoms with van der Waals surface area (Å²) >= 11 is 6.43. The third kappa shape index (κ3) is 7.81. The van der Waals surface area contributed by atoms with Crippen molar-refractivity contribution in [3.05, 3.63) is 70.6 Å². The second kappa shape index (κ2) is 13.8. The molecular weight excluding hydrogens is 492 g/mol. The Bertz CT molecular complexity index is 1170. The molecule has 0 aliphatic carbocycles. The van der Waals surface area contributed by atoms with Crippen LogP contribution in [-0.4, -0.2) is 68.3 Å². The van der Waals surface area contributed by atoms with Crippen LogP contribution < -0.4 is 19.1 Å². The lowest BCUT2D eigenvalue weighted by molar-refractivity contribution is -0.117. The average molecular weight is 527 g/mol. The van der Waals surface area contributed by atoms with Gasteiger partial charge in [-0.15, -0.1) is 0 Å². The largest absolute Gasteiger partial charge is 0.497 e. The number of rotatable bonds is 13. The van der Waals surface area contributed by atoms with E-state index in [1.54, 1.807) is 26.3 Å². The van der Waals surface area contributed by atoms with E-state index in [2.05, 4.69) is 28.7 Å². The molecule has 2 aromatic carbocycles. The highest BCUT2D eigenvalue weighted by Gasteiger charge is 2.18. The molecule has 0 bridgehead atoms. The SMILES string of the molecule is CCN(CC)CCOc1ccc(Cc2cc(N(C)C(=O)Cc3cc(OC)cc(OC)c3Cl)ncn2)cc1. The van der Waals surface area contributed by atoms with Crippen LogP contribution in [0.3, 0.4) is 0 Å². The van der Waals surface area contributed by atoms with Crippen molar-refractivity contribution in [2.24, 2.45) is 0 Å². The number of hydrogen-bond acceptors (Lipinski definition) is 7. The van der Waals surface area contributed by atoms with E-state index < -0.39 is 0 Å². The first-order valence-corrected chi connectivity index (χ1v) is 12.7. The lowest BCUT2D eigenvalue weighted by Crippen LogP contribution is -2.29. The molecule has 3 rings (SSSR count). The van der Waals surface area contributed by atoms with E-state index in [9.17, 15) is 4.79 Å². The van der Waals surface area contributed by atoms with Gasteiger partial charge in [-0.05, 0) is 42.4 Å². The molecule has 0 N–H and O–H groups in total. The number of hydrogen-bond donors (Lipinski definition) is 0. The third-order valence-corrected chi connectivity index (χ3v) is 6.62. The maximum atomic E-state index is 13.0. The number of aromatic nitrogens is 2. The molecule has 1 heterocycles. The maximum Gasteiger partial charge on any atom is 0.232 e. The van der Waals surface area contributed by atoms with Crippen LogP contribution >= 0.6 is 11.6 Å². The number of methoxy groups -OCH3 is 2. The Morgan fingerprint density at radius 2 is 1.70 bits per heavy atom. The fourth-order valence-electron chi connectivity index (χ4n) is 3.84. The standard InChI is InChI=1S/C28H35ClN4O4/c1-6-33(7-2)12-13-37-23-10-8-20(9-11-23)14-22-17-26(31-19-30-22)32(3)27(34)16-21-15-24(35-4)18-25(36-5)28(21)29/h8-11,15,17-19H,6-7,12-14,16H2,1-5H3. The van der Waals surface area contributed by atoms with Crippen LogP contribution in [0.15, 0.2) is 48.8 Å². The number of carbonyl (C=O) groups excluding carboxylic acids is 1. The number of halogens is 1. The Balaban J connectivity index is 1.63. The fourth-order valence-corrected chi connectivity index (χ4v) is 4.10. The number of anilines is 1. The molecule has 8 nitrogen and oxygen atoms in total. The summed E-state index contributed by atoms with van der Waals surface area (Å²) in [5, 5.41) is 0.383. The number of carbonyl (C=O) groups is 1. The molecule has 0 fully saturated rings. The first-order chi connectivity index (χ1) is 17.9. The van der Waals surface area contributed by atoms with Crippen molar-refractivity contribution >= 4 is 23.3 Å². The maximum absolute atomic E-state index is 13.0. The number of nitrogens with zero attached hydrogens (tertiary/aromatic N) is 4. The van der Waals surface area contributed by atoms with Gasteiger partial charge in [0.15, 0.2) is 0 Å². The zero-order valence-electron chi connectivity index (χ0n) is 22.2. The highest BCUT2D eigenvalue weighted by molar-refractivity contribution is 6.33. The molecule has 3 aromatic rings. The van der Waals surface area contributed by atoms with Crippen molar-refractivity contribution in [3.63, 3.8) is 0 Å². The molecule has 37 heavy (non-hydrogen) atoms. The van der Waals surface area contributed by atoms with Crippen LogP contribution in [0, 0.1) is 0 Å². The minimum atomic E-state index is -0.173. The molecule has 9 heteroatoms. The van der Waals surface area contributed by atoms with Crippen molar-refractivity contribution in [2.45, 2.75) is 26.7 Å². The summed E-state index contributed by atoms with van der Waals surface area (Å²) in [7, 11) is 4.76. The predicted molar refractivity (Wildman–Crippen MR) is 146 cm³/mol. The molecular formula is C28H35ClN4O4. The van der Waals surface area contributed by atoms with Gasteiger partial charge in [0.25, 0.3) is 0 Å². The van der Waals surface area contributed by atoms with Crippen molar-refractivity contribution in [2.75, 3.05) is 52.4 Å². The van der Waals surface area contributed by atoms with Gasteiger partial charge in [0.2, 0.25) is 5.91 Å². The molecule has 1 amide bonds. The van der Waals surface area contributed by atoms with Gasteiger partial charge in [-0.3, -0.25) is 9.69 Å². The number of benzene rings is 2. The molecule has 0 saturated carbocycles. The van der Waals surface area contributed by atoms with Gasteiger partial charge in [-0.1, -0.05) is 37.6 Å². The minimum absolute atomic E-state index is 0.0674. The van der Waals surface area contributed by atoms with E-state index in [0.717, 1.165) is 36.6 Å². The zero-order chi connectivity index (χ0) is 26.8. The van der Waals surface area contributed by atoms with E-state index in [4.69, 9.17) is 25.8 Å². The first-order valence-electron chi connectivity index (χ1n) is 12.3. The van der Waals surface area contributed by atoms with Gasteiger partial charge in [0, 0.05) is 32.1 Å². The van der Waals surface area contributed by atoms with E-state index in [1.165, 1.54) is 18.3 Å². The van der Waals surface area contributed by atoms with Gasteiger partial charge >= 0.3 is 0 Å². The van der Waals surface area contributed by atoms with Gasteiger partial charge in [-0.2, -0.15) is 0 Å². The van der Waals surface area contributed by atoms with Crippen molar-refractivity contribution in [1.82, 2.24) is 14.9 Å². The third-order valence-electron chi connectivity index (χ3n) is 6.19. The number of ether oxygens (including phenoxy) is 3. The predicted octanol–water partition coefficient (Wildman–Crippen LogP) is 4.66. The highest BCUT2D eigenvalue weighted by Crippen LogP contribution is 2.33. The van der Waals surface area contributed by atoms with E-state index in [-0.39, 0.29) is 12.3 Å². The quantitative estimate of drug-likeness (QED) is 0.320. The Morgan fingerprint density at radius 1 is 0.973 bits per heavy atom.